The molecule has 1 N–H and O–H groups in total. The van der Waals surface area contributed by atoms with Crippen molar-refractivity contribution in [1.82, 2.24) is 0 Å². The van der Waals surface area contributed by atoms with Gasteiger partial charge in [-0.15, -0.1) is 0 Å². The monoisotopic (exact) mass is 419 g/mol. The van der Waals surface area contributed by atoms with Gasteiger partial charge in [-0.05, 0) is 36.4 Å². The molecule has 3 rings (SSSR count). The summed E-state index contributed by atoms with van der Waals surface area (Å²) in [7, 11) is 1.56. The third kappa shape index (κ3) is 6.25. The van der Waals surface area contributed by atoms with Crippen LogP contribution in [0.5, 0.6) is 5.75 Å². The number of hydrogen-bond acceptors (Lipinski definition) is 5. The fourth-order valence-corrected chi connectivity index (χ4v) is 3.53. The topological polar surface area (TPSA) is 64.6 Å². The summed E-state index contributed by atoms with van der Waals surface area (Å²) >= 11 is 1.54. The molecular formula is C24H21NO4S. The van der Waals surface area contributed by atoms with Crippen molar-refractivity contribution in [2.24, 2.45) is 0 Å². The van der Waals surface area contributed by atoms with Gasteiger partial charge in [0.1, 0.15) is 5.75 Å². The first kappa shape index (κ1) is 21.2. The van der Waals surface area contributed by atoms with Crippen LogP contribution in [-0.4, -0.2) is 25.6 Å². The maximum Gasteiger partial charge on any atom is 0.331 e. The van der Waals surface area contributed by atoms with Gasteiger partial charge in [0.05, 0.1) is 12.8 Å². The predicted octanol–water partition coefficient (Wildman–Crippen LogP) is 5.04. The van der Waals surface area contributed by atoms with Crippen LogP contribution in [-0.2, 0) is 14.3 Å². The van der Waals surface area contributed by atoms with E-state index in [-0.39, 0.29) is 6.61 Å². The van der Waals surface area contributed by atoms with E-state index in [1.807, 2.05) is 72.8 Å². The number of amides is 1. The van der Waals surface area contributed by atoms with E-state index in [0.717, 1.165) is 15.4 Å². The molecule has 0 aliphatic heterocycles. The lowest BCUT2D eigenvalue weighted by Gasteiger charge is -2.10. The molecule has 0 spiro atoms. The Hall–Kier alpha value is -3.51. The van der Waals surface area contributed by atoms with E-state index in [0.29, 0.717) is 11.4 Å². The molecule has 0 aliphatic rings. The van der Waals surface area contributed by atoms with Crippen molar-refractivity contribution in [2.45, 2.75) is 9.79 Å². The van der Waals surface area contributed by atoms with Crippen LogP contribution in [0, 0.1) is 0 Å². The molecule has 0 heterocycles. The van der Waals surface area contributed by atoms with E-state index < -0.39 is 11.9 Å². The van der Waals surface area contributed by atoms with Crippen LogP contribution in [0.15, 0.2) is 94.7 Å². The van der Waals surface area contributed by atoms with Crippen LogP contribution in [0.1, 0.15) is 5.56 Å². The van der Waals surface area contributed by atoms with Gasteiger partial charge in [-0.3, -0.25) is 4.79 Å². The number of carbonyl (C=O) groups is 2. The number of para-hydroxylation sites is 2. The molecule has 152 valence electrons. The standard InChI is InChI=1S/C24H21NO4S/c1-28-21-13-7-5-9-18(21)15-16-24(27)29-17-23(26)25-20-12-6-8-14-22(20)30-19-10-3-2-4-11-19/h2-16H,17H2,1H3,(H,25,26). The molecule has 0 unspecified atom stereocenters. The SMILES string of the molecule is COc1ccccc1C=CC(=O)OCC(=O)Nc1ccccc1Sc1ccccc1. The van der Waals surface area contributed by atoms with Crippen molar-refractivity contribution < 1.29 is 19.1 Å². The zero-order valence-corrected chi connectivity index (χ0v) is 17.2. The molecule has 0 atom stereocenters. The zero-order chi connectivity index (χ0) is 21.2. The summed E-state index contributed by atoms with van der Waals surface area (Å²) in [6, 6.07) is 24.6. The van der Waals surface area contributed by atoms with Gasteiger partial charge in [0.2, 0.25) is 0 Å². The lowest BCUT2D eigenvalue weighted by molar-refractivity contribution is -0.142. The molecule has 30 heavy (non-hydrogen) atoms. The van der Waals surface area contributed by atoms with E-state index >= 15 is 0 Å². The fourth-order valence-electron chi connectivity index (χ4n) is 2.61. The number of esters is 1. The Morgan fingerprint density at radius 3 is 2.43 bits per heavy atom. The molecule has 5 nitrogen and oxygen atoms in total. The molecule has 0 fully saturated rings. The average Bonchev–Trinajstić information content (AvgIpc) is 2.78. The van der Waals surface area contributed by atoms with Gasteiger partial charge >= 0.3 is 5.97 Å². The summed E-state index contributed by atoms with van der Waals surface area (Å²) in [5, 5.41) is 2.80. The highest BCUT2D eigenvalue weighted by atomic mass is 32.2. The highest BCUT2D eigenvalue weighted by Gasteiger charge is 2.10. The summed E-state index contributed by atoms with van der Waals surface area (Å²) in [4.78, 5) is 26.2. The van der Waals surface area contributed by atoms with Crippen molar-refractivity contribution in [3.63, 3.8) is 0 Å². The number of hydrogen-bond donors (Lipinski definition) is 1. The Morgan fingerprint density at radius 1 is 0.933 bits per heavy atom. The first-order chi connectivity index (χ1) is 14.7. The minimum atomic E-state index is -0.608. The molecule has 1 amide bonds. The number of anilines is 1. The zero-order valence-electron chi connectivity index (χ0n) is 16.4. The van der Waals surface area contributed by atoms with Crippen molar-refractivity contribution in [3.05, 3.63) is 90.5 Å². The summed E-state index contributed by atoms with van der Waals surface area (Å²) in [5.74, 6) is -0.370. The first-order valence-corrected chi connectivity index (χ1v) is 10.1. The van der Waals surface area contributed by atoms with E-state index in [2.05, 4.69) is 5.32 Å². The van der Waals surface area contributed by atoms with Crippen molar-refractivity contribution in [2.75, 3.05) is 19.0 Å². The Labute approximate surface area is 179 Å². The van der Waals surface area contributed by atoms with E-state index in [1.165, 1.54) is 6.08 Å². The number of carbonyl (C=O) groups excluding carboxylic acids is 2. The summed E-state index contributed by atoms with van der Waals surface area (Å²) < 4.78 is 10.3. The van der Waals surface area contributed by atoms with E-state index in [4.69, 9.17) is 9.47 Å². The number of methoxy groups -OCH3 is 1. The largest absolute Gasteiger partial charge is 0.496 e. The summed E-state index contributed by atoms with van der Waals surface area (Å²) in [5.41, 5.74) is 1.41. The third-order valence-electron chi connectivity index (χ3n) is 4.02. The van der Waals surface area contributed by atoms with E-state index in [1.54, 1.807) is 31.0 Å². The first-order valence-electron chi connectivity index (χ1n) is 9.25. The molecule has 0 aromatic heterocycles. The minimum absolute atomic E-state index is 0.376. The van der Waals surface area contributed by atoms with Crippen LogP contribution in [0.25, 0.3) is 6.08 Å². The maximum atomic E-state index is 12.3. The Balaban J connectivity index is 1.55. The van der Waals surface area contributed by atoms with E-state index in [9.17, 15) is 9.59 Å². The lowest BCUT2D eigenvalue weighted by atomic mass is 10.2. The van der Waals surface area contributed by atoms with Gasteiger partial charge in [-0.25, -0.2) is 4.79 Å². The van der Waals surface area contributed by atoms with Crippen LogP contribution in [0.2, 0.25) is 0 Å². The second-order valence-electron chi connectivity index (χ2n) is 6.14. The Kier molecular flexibility index (Phi) is 7.69. The second kappa shape index (κ2) is 10.9. The van der Waals surface area contributed by atoms with Gasteiger partial charge < -0.3 is 14.8 Å². The predicted molar refractivity (Wildman–Crippen MR) is 119 cm³/mol. The molecule has 0 saturated carbocycles. The molecule has 0 aliphatic carbocycles. The molecule has 3 aromatic rings. The highest BCUT2D eigenvalue weighted by molar-refractivity contribution is 7.99. The fraction of sp³-hybridized carbons (Fsp3) is 0.0833. The number of ether oxygens (including phenoxy) is 2. The Bertz CT molecular complexity index is 1030. The molecule has 3 aromatic carbocycles. The van der Waals surface area contributed by atoms with Gasteiger partial charge in [-0.2, -0.15) is 0 Å². The quantitative estimate of drug-likeness (QED) is 0.409. The number of rotatable bonds is 8. The van der Waals surface area contributed by atoms with Crippen molar-refractivity contribution >= 4 is 35.4 Å². The molecular weight excluding hydrogens is 398 g/mol. The van der Waals surface area contributed by atoms with Gasteiger partial charge in [-0.1, -0.05) is 60.3 Å². The van der Waals surface area contributed by atoms with Crippen molar-refractivity contribution in [1.29, 1.82) is 0 Å². The van der Waals surface area contributed by atoms with Crippen LogP contribution >= 0.6 is 11.8 Å². The van der Waals surface area contributed by atoms with Gasteiger partial charge in [0.25, 0.3) is 5.91 Å². The van der Waals surface area contributed by atoms with Crippen LogP contribution in [0.4, 0.5) is 5.69 Å². The van der Waals surface area contributed by atoms with Crippen molar-refractivity contribution in [3.8, 4) is 5.75 Å². The normalized spacial score (nSPS) is 10.6. The number of nitrogens with one attached hydrogen (secondary N) is 1. The third-order valence-corrected chi connectivity index (χ3v) is 5.10. The Morgan fingerprint density at radius 2 is 1.63 bits per heavy atom. The number of benzene rings is 3. The van der Waals surface area contributed by atoms with Crippen LogP contribution in [0.3, 0.4) is 0 Å². The molecule has 0 radical (unpaired) electrons. The smallest absolute Gasteiger partial charge is 0.331 e. The maximum absolute atomic E-state index is 12.3. The molecule has 6 heteroatoms. The van der Waals surface area contributed by atoms with Gasteiger partial charge in [0, 0.05) is 21.4 Å². The lowest BCUT2D eigenvalue weighted by Crippen LogP contribution is -2.20. The second-order valence-corrected chi connectivity index (χ2v) is 7.26. The van der Waals surface area contributed by atoms with Crippen LogP contribution < -0.4 is 10.1 Å². The summed E-state index contributed by atoms with van der Waals surface area (Å²) in [6.45, 7) is -0.376. The molecule has 0 bridgehead atoms. The van der Waals surface area contributed by atoms with Gasteiger partial charge in [0.15, 0.2) is 6.61 Å². The molecule has 0 saturated heterocycles. The average molecular weight is 420 g/mol. The summed E-state index contributed by atoms with van der Waals surface area (Å²) in [6.07, 6.45) is 2.86. The minimum Gasteiger partial charge on any atom is -0.496 e. The highest BCUT2D eigenvalue weighted by Crippen LogP contribution is 2.33.